The Morgan fingerprint density at radius 3 is 1.91 bits per heavy atom. The monoisotopic (exact) mass is 459 g/mol. The fourth-order valence-corrected chi connectivity index (χ4v) is 4.37. The zero-order valence-corrected chi connectivity index (χ0v) is 19.2. The summed E-state index contributed by atoms with van der Waals surface area (Å²) in [6.45, 7) is 5.24. The van der Waals surface area contributed by atoms with Gasteiger partial charge < -0.3 is 15.3 Å². The topological polar surface area (TPSA) is 88.7 Å². The van der Waals surface area contributed by atoms with Gasteiger partial charge in [-0.15, -0.1) is 0 Å². The summed E-state index contributed by atoms with van der Waals surface area (Å²) in [7, 11) is 0. The van der Waals surface area contributed by atoms with Gasteiger partial charge in [0.1, 0.15) is 24.7 Å². The molecule has 1 atom stereocenters. The molecule has 3 N–H and O–H groups in total. The first-order valence-electron chi connectivity index (χ1n) is 11.5. The van der Waals surface area contributed by atoms with E-state index >= 15 is 0 Å². The normalized spacial score (nSPS) is 18.8. The molecule has 7 nitrogen and oxygen atoms in total. The number of benzene rings is 3. The van der Waals surface area contributed by atoms with Crippen LogP contribution in [0.15, 0.2) is 82.8 Å². The van der Waals surface area contributed by atoms with Crippen molar-refractivity contribution in [1.29, 1.82) is 0 Å². The van der Waals surface area contributed by atoms with Gasteiger partial charge in [0.25, 0.3) is 0 Å². The molecule has 1 fully saturated rings. The van der Waals surface area contributed by atoms with E-state index in [1.54, 1.807) is 42.8 Å². The fourth-order valence-electron chi connectivity index (χ4n) is 4.37. The zero-order chi connectivity index (χ0) is 23.8. The molecular weight excluding hydrogens is 428 g/mol. The highest BCUT2D eigenvalue weighted by atomic mass is 16.3. The number of nitrogens with zero attached hydrogens (tertiary/aromatic N) is 4. The van der Waals surface area contributed by atoms with Crippen LogP contribution in [0.5, 0.6) is 17.2 Å². The molecule has 0 amide bonds. The van der Waals surface area contributed by atoms with Gasteiger partial charge in [0.15, 0.2) is 11.4 Å². The highest BCUT2D eigenvalue weighted by Crippen LogP contribution is 2.35. The van der Waals surface area contributed by atoms with E-state index in [4.69, 9.17) is 0 Å². The van der Waals surface area contributed by atoms with Gasteiger partial charge in [0.05, 0.1) is 26.2 Å². The van der Waals surface area contributed by atoms with Crippen LogP contribution in [0.3, 0.4) is 0 Å². The molecule has 0 saturated carbocycles. The molecule has 1 aliphatic rings. The minimum Gasteiger partial charge on any atom is -0.507 e. The molecule has 1 saturated heterocycles. The zero-order valence-electron chi connectivity index (χ0n) is 19.2. The van der Waals surface area contributed by atoms with Crippen molar-refractivity contribution in [3.8, 4) is 17.2 Å². The van der Waals surface area contributed by atoms with E-state index < -0.39 is 0 Å². The number of phenolic OH excluding ortho intramolecular Hbond substituents is 3. The Morgan fingerprint density at radius 1 is 0.735 bits per heavy atom. The minimum absolute atomic E-state index is 0.215. The van der Waals surface area contributed by atoms with Crippen LogP contribution in [0.4, 0.5) is 5.69 Å². The van der Waals surface area contributed by atoms with Crippen LogP contribution in [0.2, 0.25) is 0 Å². The van der Waals surface area contributed by atoms with Crippen LogP contribution in [-0.4, -0.2) is 78.6 Å². The van der Waals surface area contributed by atoms with Gasteiger partial charge >= 0.3 is 0 Å². The smallest absolute Gasteiger partial charge is 0.177 e. The molecule has 0 bridgehead atoms. The lowest BCUT2D eigenvalue weighted by molar-refractivity contribution is 0.249. The second kappa shape index (κ2) is 11.0. The molecule has 1 aliphatic heterocycles. The molecule has 1 heterocycles. The summed E-state index contributed by atoms with van der Waals surface area (Å²) < 4.78 is 0.619. The number of hydrogen-bond acceptors (Lipinski definition) is 6. The summed E-state index contributed by atoms with van der Waals surface area (Å²) in [5.41, 5.74) is 2.31. The maximum Gasteiger partial charge on any atom is 0.177 e. The minimum atomic E-state index is 0.215. The van der Waals surface area contributed by atoms with Crippen LogP contribution in [0.1, 0.15) is 11.1 Å². The van der Waals surface area contributed by atoms with Gasteiger partial charge in [-0.3, -0.25) is 14.5 Å². The molecule has 176 valence electrons. The molecule has 34 heavy (non-hydrogen) atoms. The first-order chi connectivity index (χ1) is 16.6. The lowest BCUT2D eigenvalue weighted by atomic mass is 10.2. The summed E-state index contributed by atoms with van der Waals surface area (Å²) >= 11 is 0. The molecule has 3 aromatic carbocycles. The van der Waals surface area contributed by atoms with Gasteiger partial charge in [0.2, 0.25) is 0 Å². The second-order valence-electron chi connectivity index (χ2n) is 8.53. The number of aromatic hydroxyl groups is 3. The molecule has 1 unspecified atom stereocenters. The van der Waals surface area contributed by atoms with E-state index in [0.29, 0.717) is 34.4 Å². The van der Waals surface area contributed by atoms with Crippen molar-refractivity contribution in [2.75, 3.05) is 45.9 Å². The van der Waals surface area contributed by atoms with E-state index in [0.717, 1.165) is 38.5 Å². The van der Waals surface area contributed by atoms with Crippen molar-refractivity contribution in [2.45, 2.75) is 0 Å². The van der Waals surface area contributed by atoms with Crippen LogP contribution < -0.4 is 4.48 Å². The summed E-state index contributed by atoms with van der Waals surface area (Å²) in [6.07, 6.45) is 3.42. The highest BCUT2D eigenvalue weighted by molar-refractivity contribution is 5.83. The van der Waals surface area contributed by atoms with Gasteiger partial charge in [0, 0.05) is 36.2 Å². The van der Waals surface area contributed by atoms with Crippen LogP contribution in [-0.2, 0) is 0 Å². The first-order valence-corrected chi connectivity index (χ1v) is 11.5. The third kappa shape index (κ3) is 5.62. The molecule has 4 rings (SSSR count). The van der Waals surface area contributed by atoms with Gasteiger partial charge in [-0.1, -0.05) is 36.4 Å². The van der Waals surface area contributed by atoms with Crippen molar-refractivity contribution in [3.63, 3.8) is 0 Å². The summed E-state index contributed by atoms with van der Waals surface area (Å²) in [5.74, 6) is 0.742. The van der Waals surface area contributed by atoms with Gasteiger partial charge in [-0.2, -0.15) is 0 Å². The first kappa shape index (κ1) is 23.5. The predicted molar refractivity (Wildman–Crippen MR) is 137 cm³/mol. The molecule has 7 heteroatoms. The van der Waals surface area contributed by atoms with Crippen molar-refractivity contribution < 1.29 is 15.3 Å². The Kier molecular flexibility index (Phi) is 7.57. The van der Waals surface area contributed by atoms with Crippen LogP contribution in [0, 0.1) is 0 Å². The number of para-hydroxylation sites is 4. The average Bonchev–Trinajstić information content (AvgIpc) is 3.26. The van der Waals surface area contributed by atoms with Gasteiger partial charge in [-0.05, 0) is 30.3 Å². The molecule has 0 aromatic heterocycles. The number of phenols is 3. The van der Waals surface area contributed by atoms with Crippen LogP contribution in [0.25, 0.3) is 0 Å². The Morgan fingerprint density at radius 2 is 1.29 bits per heavy atom. The summed E-state index contributed by atoms with van der Waals surface area (Å²) in [4.78, 5) is 11.4. The number of quaternary nitrogens is 1. The lowest BCUT2D eigenvalue weighted by Gasteiger charge is -2.33. The fraction of sp³-hybridized carbons (Fsp3) is 0.259. The molecule has 0 spiro atoms. The Hall–Kier alpha value is -3.68. The van der Waals surface area contributed by atoms with Crippen molar-refractivity contribution in [1.82, 2.24) is 9.38 Å². The SMILES string of the molecule is Oc1ccccc1C=NCCN1CC[N+](CCN=Cc2ccccc2O)(c2ccccc2O)C1. The number of rotatable bonds is 9. The van der Waals surface area contributed by atoms with E-state index in [1.165, 1.54) is 0 Å². The van der Waals surface area contributed by atoms with Crippen molar-refractivity contribution >= 4 is 18.1 Å². The highest BCUT2D eigenvalue weighted by Gasteiger charge is 2.40. The Labute approximate surface area is 200 Å². The Balaban J connectivity index is 1.41. The second-order valence-corrected chi connectivity index (χ2v) is 8.53. The van der Waals surface area contributed by atoms with Gasteiger partial charge in [-0.25, -0.2) is 4.90 Å². The standard InChI is InChI=1S/C27H30N4O3/c32-25-10-4-1-7-22(25)19-28-13-15-30-16-18-31(21-30,24-9-3-6-12-27(24)34)17-14-29-20-23-8-2-5-11-26(23)33/h1-12,19-20H,13-18,21H2,(H2-,28,29,32,33,34)/p+1. The molecule has 0 radical (unpaired) electrons. The predicted octanol–water partition coefficient (Wildman–Crippen LogP) is 3.62. The molecule has 3 aromatic rings. The summed E-state index contributed by atoms with van der Waals surface area (Å²) in [6, 6.07) is 21.8. The van der Waals surface area contributed by atoms with E-state index in [9.17, 15) is 15.3 Å². The van der Waals surface area contributed by atoms with Crippen molar-refractivity contribution in [3.05, 3.63) is 83.9 Å². The maximum absolute atomic E-state index is 10.6. The van der Waals surface area contributed by atoms with Crippen LogP contribution >= 0.6 is 0 Å². The van der Waals surface area contributed by atoms with E-state index in [2.05, 4.69) is 14.9 Å². The van der Waals surface area contributed by atoms with Crippen molar-refractivity contribution in [2.24, 2.45) is 9.98 Å². The average molecular weight is 460 g/mol. The summed E-state index contributed by atoms with van der Waals surface area (Å²) in [5, 5.41) is 30.4. The number of hydrogen-bond donors (Lipinski definition) is 3. The Bertz CT molecular complexity index is 1160. The number of aliphatic imine (C=N–C) groups is 2. The third-order valence-corrected chi connectivity index (χ3v) is 6.24. The molecule has 0 aliphatic carbocycles. The molecular formula is C27H31N4O3+. The maximum atomic E-state index is 10.6. The van der Waals surface area contributed by atoms with E-state index in [1.807, 2.05) is 42.5 Å². The largest absolute Gasteiger partial charge is 0.507 e. The third-order valence-electron chi connectivity index (χ3n) is 6.24. The lowest BCUT2D eigenvalue weighted by Crippen LogP contribution is -2.50. The van der Waals surface area contributed by atoms with E-state index in [-0.39, 0.29) is 11.5 Å². The quantitative estimate of drug-likeness (QED) is 0.337.